The maximum absolute atomic E-state index is 12.2. The van der Waals surface area contributed by atoms with Crippen molar-refractivity contribution in [1.82, 2.24) is 4.90 Å². The molecular weight excluding hydrogens is 242 g/mol. The van der Waals surface area contributed by atoms with Crippen LogP contribution < -0.4 is 0 Å². The number of nitriles is 2. The number of hydrogen-bond donors (Lipinski definition) is 0. The Morgan fingerprint density at radius 3 is 2.47 bits per heavy atom. The number of methoxy groups -OCH3 is 1. The van der Waals surface area contributed by atoms with E-state index < -0.39 is 0 Å². The van der Waals surface area contributed by atoms with Gasteiger partial charge in [-0.25, -0.2) is 0 Å². The van der Waals surface area contributed by atoms with Gasteiger partial charge < -0.3 is 9.64 Å². The van der Waals surface area contributed by atoms with Crippen molar-refractivity contribution in [3.63, 3.8) is 0 Å². The lowest BCUT2D eigenvalue weighted by Gasteiger charge is -2.21. The van der Waals surface area contributed by atoms with Crippen LogP contribution in [-0.4, -0.2) is 37.6 Å². The van der Waals surface area contributed by atoms with Gasteiger partial charge in [-0.3, -0.25) is 4.79 Å². The highest BCUT2D eigenvalue weighted by atomic mass is 16.5. The maximum Gasteiger partial charge on any atom is 0.253 e. The number of nitrogens with zero attached hydrogens (tertiary/aromatic N) is 3. The monoisotopic (exact) mass is 257 g/mol. The highest BCUT2D eigenvalue weighted by Gasteiger charge is 2.15. The molecule has 0 unspecified atom stereocenters. The molecule has 0 saturated carbocycles. The lowest BCUT2D eigenvalue weighted by Crippen LogP contribution is -2.34. The summed E-state index contributed by atoms with van der Waals surface area (Å²) < 4.78 is 4.95. The Hall–Kier alpha value is -2.37. The number of hydrogen-bond acceptors (Lipinski definition) is 4. The van der Waals surface area contributed by atoms with Crippen molar-refractivity contribution in [2.24, 2.45) is 0 Å². The Morgan fingerprint density at radius 2 is 1.95 bits per heavy atom. The minimum atomic E-state index is -0.156. The van der Waals surface area contributed by atoms with Crippen molar-refractivity contribution in [3.05, 3.63) is 35.4 Å². The van der Waals surface area contributed by atoms with E-state index in [2.05, 4.69) is 0 Å². The SMILES string of the molecule is COCCN(CCC#N)C(=O)c1ccc(C#N)cc1. The molecule has 0 aliphatic heterocycles. The molecule has 0 aliphatic rings. The van der Waals surface area contributed by atoms with Crippen molar-refractivity contribution in [3.8, 4) is 12.1 Å². The Bertz CT molecular complexity index is 497. The molecule has 0 aliphatic carbocycles. The fourth-order valence-electron chi connectivity index (χ4n) is 1.57. The zero-order valence-electron chi connectivity index (χ0n) is 10.8. The Morgan fingerprint density at radius 1 is 1.26 bits per heavy atom. The molecule has 0 radical (unpaired) electrons. The first-order valence-corrected chi connectivity index (χ1v) is 5.88. The Balaban J connectivity index is 2.79. The van der Waals surface area contributed by atoms with Gasteiger partial charge in [-0.05, 0) is 24.3 Å². The van der Waals surface area contributed by atoms with Gasteiger partial charge >= 0.3 is 0 Å². The number of rotatable bonds is 6. The molecule has 1 amide bonds. The van der Waals surface area contributed by atoms with Crippen LogP contribution in [0.1, 0.15) is 22.3 Å². The van der Waals surface area contributed by atoms with Crippen LogP contribution in [0.4, 0.5) is 0 Å². The predicted octanol–water partition coefficient (Wildman–Crippen LogP) is 1.56. The molecule has 19 heavy (non-hydrogen) atoms. The van der Waals surface area contributed by atoms with E-state index in [-0.39, 0.29) is 12.3 Å². The first-order valence-electron chi connectivity index (χ1n) is 5.88. The van der Waals surface area contributed by atoms with Gasteiger partial charge in [0.15, 0.2) is 0 Å². The Kier molecular flexibility index (Phi) is 6.08. The van der Waals surface area contributed by atoms with Gasteiger partial charge in [-0.2, -0.15) is 10.5 Å². The summed E-state index contributed by atoms with van der Waals surface area (Å²) in [5.41, 5.74) is 1.02. The lowest BCUT2D eigenvalue weighted by molar-refractivity contribution is 0.0700. The summed E-state index contributed by atoms with van der Waals surface area (Å²) in [7, 11) is 1.56. The predicted molar refractivity (Wildman–Crippen MR) is 69.2 cm³/mol. The number of amides is 1. The summed E-state index contributed by atoms with van der Waals surface area (Å²) in [6.07, 6.45) is 0.283. The number of benzene rings is 1. The van der Waals surface area contributed by atoms with Gasteiger partial charge in [0.25, 0.3) is 5.91 Å². The molecule has 1 rings (SSSR count). The van der Waals surface area contributed by atoms with E-state index in [9.17, 15) is 4.79 Å². The second kappa shape index (κ2) is 7.86. The van der Waals surface area contributed by atoms with Gasteiger partial charge in [0.1, 0.15) is 0 Å². The molecule has 0 N–H and O–H groups in total. The molecule has 0 saturated heterocycles. The molecular formula is C14H15N3O2. The van der Waals surface area contributed by atoms with E-state index in [1.54, 1.807) is 36.3 Å². The smallest absolute Gasteiger partial charge is 0.253 e. The third kappa shape index (κ3) is 4.42. The van der Waals surface area contributed by atoms with E-state index >= 15 is 0 Å². The van der Waals surface area contributed by atoms with Gasteiger partial charge in [0.2, 0.25) is 0 Å². The van der Waals surface area contributed by atoms with Gasteiger partial charge in [0, 0.05) is 25.8 Å². The number of carbonyl (C=O) groups is 1. The van der Waals surface area contributed by atoms with Crippen LogP contribution in [0.25, 0.3) is 0 Å². The fraction of sp³-hybridized carbons (Fsp3) is 0.357. The average molecular weight is 257 g/mol. The quantitative estimate of drug-likeness (QED) is 0.774. The summed E-state index contributed by atoms with van der Waals surface area (Å²) in [6.45, 7) is 1.24. The minimum absolute atomic E-state index is 0.156. The van der Waals surface area contributed by atoms with Crippen molar-refractivity contribution >= 4 is 5.91 Å². The fourth-order valence-corrected chi connectivity index (χ4v) is 1.57. The minimum Gasteiger partial charge on any atom is -0.383 e. The number of carbonyl (C=O) groups excluding carboxylic acids is 1. The third-order valence-corrected chi connectivity index (χ3v) is 2.61. The van der Waals surface area contributed by atoms with Crippen molar-refractivity contribution in [2.45, 2.75) is 6.42 Å². The average Bonchev–Trinajstić information content (AvgIpc) is 2.47. The first-order chi connectivity index (χ1) is 9.22. The summed E-state index contributed by atoms with van der Waals surface area (Å²) in [4.78, 5) is 13.8. The molecule has 5 nitrogen and oxygen atoms in total. The molecule has 1 aromatic carbocycles. The molecule has 0 atom stereocenters. The highest BCUT2D eigenvalue weighted by molar-refractivity contribution is 5.94. The van der Waals surface area contributed by atoms with Crippen LogP contribution in [0.2, 0.25) is 0 Å². The molecule has 5 heteroatoms. The molecule has 0 aromatic heterocycles. The first kappa shape index (κ1) is 14.7. The Labute approximate surface area is 112 Å². The van der Waals surface area contributed by atoms with Crippen LogP contribution in [0.5, 0.6) is 0 Å². The largest absolute Gasteiger partial charge is 0.383 e. The second-order valence-electron chi connectivity index (χ2n) is 3.88. The molecule has 98 valence electrons. The van der Waals surface area contributed by atoms with Crippen LogP contribution in [-0.2, 0) is 4.74 Å². The summed E-state index contributed by atoms with van der Waals surface area (Å²) in [5, 5.41) is 17.3. The van der Waals surface area contributed by atoms with E-state index in [1.165, 1.54) is 0 Å². The maximum atomic E-state index is 12.2. The van der Waals surface area contributed by atoms with Crippen molar-refractivity contribution in [2.75, 3.05) is 26.8 Å². The second-order valence-corrected chi connectivity index (χ2v) is 3.88. The molecule has 1 aromatic rings. The van der Waals surface area contributed by atoms with Crippen LogP contribution in [0.3, 0.4) is 0 Å². The molecule has 0 heterocycles. The molecule has 0 bridgehead atoms. The van der Waals surface area contributed by atoms with E-state index in [0.717, 1.165) is 0 Å². The van der Waals surface area contributed by atoms with Crippen molar-refractivity contribution < 1.29 is 9.53 Å². The van der Waals surface area contributed by atoms with Crippen molar-refractivity contribution in [1.29, 1.82) is 10.5 Å². The summed E-state index contributed by atoms with van der Waals surface area (Å²) >= 11 is 0. The third-order valence-electron chi connectivity index (χ3n) is 2.61. The van der Waals surface area contributed by atoms with Gasteiger partial charge in [0.05, 0.1) is 30.7 Å². The summed E-state index contributed by atoms with van der Waals surface area (Å²) in [5.74, 6) is -0.156. The van der Waals surface area contributed by atoms with E-state index in [1.807, 2.05) is 12.1 Å². The summed E-state index contributed by atoms with van der Waals surface area (Å²) in [6, 6.07) is 10.5. The van der Waals surface area contributed by atoms with Crippen LogP contribution in [0, 0.1) is 22.7 Å². The highest BCUT2D eigenvalue weighted by Crippen LogP contribution is 2.08. The topological polar surface area (TPSA) is 77.1 Å². The number of ether oxygens (including phenoxy) is 1. The molecule has 0 spiro atoms. The zero-order chi connectivity index (χ0) is 14.1. The van der Waals surface area contributed by atoms with E-state index in [4.69, 9.17) is 15.3 Å². The standard InChI is InChI=1S/C14H15N3O2/c1-19-10-9-17(8-2-7-15)14(18)13-5-3-12(11-16)4-6-13/h3-6H,2,8-10H2,1H3. The normalized spacial score (nSPS) is 9.42. The van der Waals surface area contributed by atoms with Crippen LogP contribution in [0.15, 0.2) is 24.3 Å². The van der Waals surface area contributed by atoms with Gasteiger partial charge in [-0.1, -0.05) is 0 Å². The molecule has 0 fully saturated rings. The van der Waals surface area contributed by atoms with Crippen LogP contribution >= 0.6 is 0 Å². The van der Waals surface area contributed by atoms with Gasteiger partial charge in [-0.15, -0.1) is 0 Å². The zero-order valence-corrected chi connectivity index (χ0v) is 10.8. The lowest BCUT2D eigenvalue weighted by atomic mass is 10.1. The van der Waals surface area contributed by atoms with E-state index in [0.29, 0.717) is 30.8 Å².